The van der Waals surface area contributed by atoms with E-state index in [1.54, 1.807) is 4.68 Å². The zero-order valence-corrected chi connectivity index (χ0v) is 12.1. The zero-order valence-electron chi connectivity index (χ0n) is 8.91. The van der Waals surface area contributed by atoms with Gasteiger partial charge in [-0.1, -0.05) is 12.1 Å². The van der Waals surface area contributed by atoms with Gasteiger partial charge >= 0.3 is 0 Å². The summed E-state index contributed by atoms with van der Waals surface area (Å²) in [7, 11) is 0. The van der Waals surface area contributed by atoms with Crippen molar-refractivity contribution in [2.75, 3.05) is 0 Å². The van der Waals surface area contributed by atoms with Gasteiger partial charge in [0, 0.05) is 10.4 Å². The molecule has 2 aromatic rings. The summed E-state index contributed by atoms with van der Waals surface area (Å²) in [5, 5.41) is 3.20. The van der Waals surface area contributed by atoms with E-state index in [1.807, 2.05) is 24.3 Å². The molecule has 0 atom stereocenters. The van der Waals surface area contributed by atoms with Crippen molar-refractivity contribution in [2.45, 2.75) is 18.8 Å². The Labute approximate surface area is 115 Å². The van der Waals surface area contributed by atoms with Crippen LogP contribution in [0.3, 0.4) is 0 Å². The quantitative estimate of drug-likeness (QED) is 0.876. The molecule has 88 valence electrons. The first-order valence-electron chi connectivity index (χ1n) is 5.44. The number of halogens is 2. The summed E-state index contributed by atoms with van der Waals surface area (Å²) in [5.41, 5.74) is 1.83. The number of hydrogen-bond acceptors (Lipinski definition) is 1. The van der Waals surface area contributed by atoms with Crippen molar-refractivity contribution in [1.29, 1.82) is 0 Å². The first kappa shape index (κ1) is 11.3. The second kappa shape index (κ2) is 4.14. The van der Waals surface area contributed by atoms with Crippen LogP contribution in [0.4, 0.5) is 0 Å². The van der Waals surface area contributed by atoms with E-state index in [4.69, 9.17) is 0 Å². The third kappa shape index (κ3) is 1.91. The molecule has 0 aliphatic heterocycles. The Kier molecular flexibility index (Phi) is 2.75. The van der Waals surface area contributed by atoms with Crippen LogP contribution in [-0.4, -0.2) is 9.78 Å². The van der Waals surface area contributed by atoms with Crippen LogP contribution in [0.1, 0.15) is 24.5 Å². The lowest BCUT2D eigenvalue weighted by molar-refractivity contribution is 0.813. The maximum atomic E-state index is 12.1. The van der Waals surface area contributed by atoms with Crippen molar-refractivity contribution in [1.82, 2.24) is 9.78 Å². The molecule has 1 aromatic heterocycles. The van der Waals surface area contributed by atoms with Gasteiger partial charge in [0.15, 0.2) is 0 Å². The van der Waals surface area contributed by atoms with Crippen molar-refractivity contribution in [3.8, 4) is 5.69 Å². The summed E-state index contributed by atoms with van der Waals surface area (Å²) in [6, 6.07) is 7.68. The lowest BCUT2D eigenvalue weighted by Crippen LogP contribution is -2.15. The number of nitrogens with one attached hydrogen (secondary N) is 1. The number of para-hydroxylation sites is 1. The molecule has 1 aromatic carbocycles. The second-order valence-electron chi connectivity index (χ2n) is 4.21. The van der Waals surface area contributed by atoms with Crippen LogP contribution in [0.5, 0.6) is 0 Å². The summed E-state index contributed by atoms with van der Waals surface area (Å²) >= 11 is 6.84. The molecule has 0 spiro atoms. The Morgan fingerprint density at radius 2 is 1.94 bits per heavy atom. The highest BCUT2D eigenvalue weighted by molar-refractivity contribution is 9.10. The Balaban J connectivity index is 2.18. The van der Waals surface area contributed by atoms with Gasteiger partial charge in [0.1, 0.15) is 4.47 Å². The summed E-state index contributed by atoms with van der Waals surface area (Å²) in [6.45, 7) is 0. The third-order valence-corrected chi connectivity index (χ3v) is 4.38. The number of rotatable bonds is 2. The van der Waals surface area contributed by atoms with Crippen LogP contribution in [0.15, 0.2) is 38.0 Å². The van der Waals surface area contributed by atoms with Gasteiger partial charge < -0.3 is 0 Å². The van der Waals surface area contributed by atoms with Crippen molar-refractivity contribution in [3.63, 3.8) is 0 Å². The minimum absolute atomic E-state index is 0.0289. The van der Waals surface area contributed by atoms with Crippen LogP contribution >= 0.6 is 31.9 Å². The monoisotopic (exact) mass is 356 g/mol. The van der Waals surface area contributed by atoms with Gasteiger partial charge in [-0.05, 0) is 56.8 Å². The number of H-pyrrole nitrogens is 1. The molecular weight excluding hydrogens is 348 g/mol. The zero-order chi connectivity index (χ0) is 12.0. The average Bonchev–Trinajstić information content (AvgIpc) is 3.11. The summed E-state index contributed by atoms with van der Waals surface area (Å²) < 4.78 is 3.15. The van der Waals surface area contributed by atoms with Gasteiger partial charge in [0.2, 0.25) is 0 Å². The van der Waals surface area contributed by atoms with Crippen LogP contribution in [0, 0.1) is 0 Å². The molecular formula is C12H10Br2N2O. The fourth-order valence-electron chi connectivity index (χ4n) is 1.88. The van der Waals surface area contributed by atoms with Crippen molar-refractivity contribution >= 4 is 31.9 Å². The molecule has 1 aliphatic carbocycles. The maximum absolute atomic E-state index is 12.1. The maximum Gasteiger partial charge on any atom is 0.285 e. The molecule has 1 saturated carbocycles. The molecule has 1 N–H and O–H groups in total. The van der Waals surface area contributed by atoms with E-state index in [-0.39, 0.29) is 5.56 Å². The van der Waals surface area contributed by atoms with Crippen molar-refractivity contribution in [3.05, 3.63) is 49.3 Å². The average molecular weight is 358 g/mol. The molecule has 5 heteroatoms. The molecule has 1 aliphatic rings. The smallest absolute Gasteiger partial charge is 0.285 e. The topological polar surface area (TPSA) is 37.8 Å². The first-order chi connectivity index (χ1) is 8.18. The second-order valence-corrected chi connectivity index (χ2v) is 5.85. The van der Waals surface area contributed by atoms with E-state index in [2.05, 4.69) is 37.0 Å². The minimum Gasteiger partial charge on any atom is -0.294 e. The van der Waals surface area contributed by atoms with Crippen molar-refractivity contribution in [2.24, 2.45) is 0 Å². The lowest BCUT2D eigenvalue weighted by atomic mass is 10.3. The Bertz CT molecular complexity index is 626. The number of aromatic amines is 1. The van der Waals surface area contributed by atoms with E-state index >= 15 is 0 Å². The number of hydrogen-bond donors (Lipinski definition) is 1. The molecule has 17 heavy (non-hydrogen) atoms. The number of nitrogens with zero attached hydrogens (tertiary/aromatic N) is 1. The van der Waals surface area contributed by atoms with E-state index in [0.717, 1.165) is 28.7 Å². The number of benzene rings is 1. The molecule has 0 saturated heterocycles. The molecule has 3 nitrogen and oxygen atoms in total. The molecule has 0 bridgehead atoms. The molecule has 3 rings (SSSR count). The van der Waals surface area contributed by atoms with E-state index in [9.17, 15) is 4.79 Å². The molecule has 1 fully saturated rings. The van der Waals surface area contributed by atoms with Crippen LogP contribution in [0.25, 0.3) is 5.69 Å². The highest BCUT2D eigenvalue weighted by Crippen LogP contribution is 2.41. The first-order valence-corrected chi connectivity index (χ1v) is 7.02. The van der Waals surface area contributed by atoms with E-state index in [1.165, 1.54) is 0 Å². The minimum atomic E-state index is -0.0289. The highest BCUT2D eigenvalue weighted by Gasteiger charge is 2.29. The fraction of sp³-hybridized carbons (Fsp3) is 0.250. The molecule has 0 radical (unpaired) electrons. The van der Waals surface area contributed by atoms with Crippen LogP contribution in [-0.2, 0) is 0 Å². The standard InChI is InChI=1S/C12H10Br2N2O/c13-8-3-1-2-4-9(8)16-12(17)10(14)11(15-16)7-5-6-7/h1-4,7,15H,5-6H2. The normalized spacial score (nSPS) is 15.2. The van der Waals surface area contributed by atoms with Crippen LogP contribution in [0.2, 0.25) is 0 Å². The largest absolute Gasteiger partial charge is 0.294 e. The van der Waals surface area contributed by atoms with E-state index in [0.29, 0.717) is 10.4 Å². The fourth-order valence-corrected chi connectivity index (χ4v) is 2.93. The Morgan fingerprint density at radius 1 is 1.24 bits per heavy atom. The molecule has 0 unspecified atom stereocenters. The summed E-state index contributed by atoms with van der Waals surface area (Å²) in [6.07, 6.45) is 2.32. The van der Waals surface area contributed by atoms with E-state index < -0.39 is 0 Å². The molecule has 0 amide bonds. The lowest BCUT2D eigenvalue weighted by Gasteiger charge is -2.03. The summed E-state index contributed by atoms with van der Waals surface area (Å²) in [5.74, 6) is 0.515. The van der Waals surface area contributed by atoms with Gasteiger partial charge in [-0.15, -0.1) is 0 Å². The third-order valence-electron chi connectivity index (χ3n) is 2.94. The van der Waals surface area contributed by atoms with Crippen molar-refractivity contribution < 1.29 is 0 Å². The molecule has 1 heterocycles. The predicted octanol–water partition coefficient (Wildman–Crippen LogP) is 3.57. The summed E-state index contributed by atoms with van der Waals surface area (Å²) in [4.78, 5) is 12.1. The van der Waals surface area contributed by atoms with Gasteiger partial charge in [0.25, 0.3) is 5.56 Å². The Morgan fingerprint density at radius 3 is 2.59 bits per heavy atom. The van der Waals surface area contributed by atoms with Gasteiger partial charge in [-0.2, -0.15) is 0 Å². The predicted molar refractivity (Wildman–Crippen MR) is 73.8 cm³/mol. The van der Waals surface area contributed by atoms with Gasteiger partial charge in [-0.25, -0.2) is 4.68 Å². The Hall–Kier alpha value is -0.810. The van der Waals surface area contributed by atoms with Gasteiger partial charge in [-0.3, -0.25) is 9.89 Å². The highest BCUT2D eigenvalue weighted by atomic mass is 79.9. The van der Waals surface area contributed by atoms with Crippen LogP contribution < -0.4 is 5.56 Å². The van der Waals surface area contributed by atoms with Gasteiger partial charge in [0.05, 0.1) is 11.4 Å². The SMILES string of the molecule is O=c1c(Br)c(C2CC2)[nH]n1-c1ccccc1Br. The number of aromatic nitrogens is 2.